The van der Waals surface area contributed by atoms with Crippen LogP contribution in [0.5, 0.6) is 0 Å². The largest absolute Gasteiger partial charge is 0.337 e. The van der Waals surface area contributed by atoms with E-state index in [0.29, 0.717) is 6.54 Å². The lowest BCUT2D eigenvalue weighted by Crippen LogP contribution is -2.56. The van der Waals surface area contributed by atoms with Gasteiger partial charge in [-0.1, -0.05) is 64.9 Å². The summed E-state index contributed by atoms with van der Waals surface area (Å²) in [4.78, 5) is 1.88. The molecule has 1 unspecified atom stereocenters. The van der Waals surface area contributed by atoms with E-state index in [0.717, 1.165) is 13.0 Å². The maximum absolute atomic E-state index is 6.23. The van der Waals surface area contributed by atoms with E-state index in [9.17, 15) is 0 Å². The summed E-state index contributed by atoms with van der Waals surface area (Å²) in [6, 6.07) is 0. The smallest absolute Gasteiger partial charge is 0.227 e. The number of nitrogens with zero attached hydrogens (tertiary/aromatic N) is 3. The second kappa shape index (κ2) is 5.79. The Bertz CT molecular complexity index is 289. The van der Waals surface area contributed by atoms with Gasteiger partial charge in [0.25, 0.3) is 0 Å². The van der Waals surface area contributed by atoms with Crippen molar-refractivity contribution in [2.45, 2.75) is 34.6 Å². The van der Waals surface area contributed by atoms with Crippen molar-refractivity contribution < 1.29 is 0 Å². The fourth-order valence-electron chi connectivity index (χ4n) is 1.66. The predicted molar refractivity (Wildman–Crippen MR) is 76.4 cm³/mol. The minimum Gasteiger partial charge on any atom is -0.337 e. The molecule has 0 radical (unpaired) electrons. The first kappa shape index (κ1) is 15.8. The first-order chi connectivity index (χ1) is 7.75. The molecular weight excluding hydrogens is 327 g/mol. The second-order valence-corrected chi connectivity index (χ2v) is 7.39. The van der Waals surface area contributed by atoms with E-state index >= 15 is 0 Å². The normalized spacial score (nSPS) is 21.5. The van der Waals surface area contributed by atoms with E-state index < -0.39 is 14.3 Å². The van der Waals surface area contributed by atoms with E-state index in [4.69, 9.17) is 58.0 Å². The minimum atomic E-state index is -1.80. The zero-order valence-electron chi connectivity index (χ0n) is 9.51. The van der Waals surface area contributed by atoms with Crippen LogP contribution < -0.4 is 0 Å². The highest BCUT2D eigenvalue weighted by Gasteiger charge is 2.56. The van der Waals surface area contributed by atoms with Crippen molar-refractivity contribution in [2.75, 3.05) is 13.1 Å². The van der Waals surface area contributed by atoms with Gasteiger partial charge in [-0.15, -0.1) is 0 Å². The highest BCUT2D eigenvalue weighted by molar-refractivity contribution is 6.75. The Kier molecular flexibility index (Phi) is 5.37. The van der Waals surface area contributed by atoms with Crippen LogP contribution in [-0.4, -0.2) is 43.6 Å². The van der Waals surface area contributed by atoms with Gasteiger partial charge in [-0.3, -0.25) is 5.01 Å². The lowest BCUT2D eigenvalue weighted by molar-refractivity contribution is 0.121. The van der Waals surface area contributed by atoms with Crippen LogP contribution in [0.1, 0.15) is 20.3 Å². The molecule has 0 aromatic rings. The molecule has 0 spiro atoms. The maximum Gasteiger partial charge on any atom is 0.227 e. The number of hydrazone groups is 1. The van der Waals surface area contributed by atoms with E-state index in [-0.39, 0.29) is 0 Å². The van der Waals surface area contributed by atoms with Crippen molar-refractivity contribution in [2.24, 2.45) is 5.10 Å². The first-order valence-corrected chi connectivity index (χ1v) is 7.15. The second-order valence-electron chi connectivity index (χ2n) is 3.72. The third-order valence-corrected chi connectivity index (χ3v) is 4.88. The topological polar surface area (TPSA) is 18.8 Å². The van der Waals surface area contributed by atoms with Crippen molar-refractivity contribution in [3.63, 3.8) is 0 Å². The Balaban J connectivity index is 2.98. The highest BCUT2D eigenvalue weighted by Crippen LogP contribution is 2.50. The molecule has 0 saturated heterocycles. The monoisotopic (exact) mass is 339 g/mol. The Morgan fingerprint density at radius 3 is 2.18 bits per heavy atom. The van der Waals surface area contributed by atoms with Gasteiger partial charge < -0.3 is 4.90 Å². The Morgan fingerprint density at radius 1 is 1.18 bits per heavy atom. The van der Waals surface area contributed by atoms with Crippen LogP contribution in [0.2, 0.25) is 0 Å². The number of alkyl halides is 5. The molecule has 0 aromatic heterocycles. The van der Waals surface area contributed by atoms with Gasteiger partial charge in [-0.05, 0) is 13.3 Å². The molecule has 0 fully saturated rings. The number of hydrogen-bond donors (Lipinski definition) is 0. The van der Waals surface area contributed by atoms with Crippen molar-refractivity contribution >= 4 is 64.3 Å². The van der Waals surface area contributed by atoms with E-state index in [1.54, 1.807) is 11.3 Å². The molecule has 0 aliphatic carbocycles. The van der Waals surface area contributed by atoms with E-state index in [1.807, 2.05) is 18.7 Å². The fraction of sp³-hybridized carbons (Fsp3) is 0.889. The van der Waals surface area contributed by atoms with Crippen LogP contribution in [-0.2, 0) is 0 Å². The summed E-state index contributed by atoms with van der Waals surface area (Å²) < 4.78 is -3.37. The van der Waals surface area contributed by atoms with Gasteiger partial charge >= 0.3 is 0 Å². The summed E-state index contributed by atoms with van der Waals surface area (Å²) in [6.07, 6.45) is 2.11. The quantitative estimate of drug-likeness (QED) is 0.723. The van der Waals surface area contributed by atoms with Crippen molar-refractivity contribution in [3.8, 4) is 0 Å². The van der Waals surface area contributed by atoms with Gasteiger partial charge in [0.15, 0.2) is 6.17 Å². The van der Waals surface area contributed by atoms with E-state index in [1.165, 1.54) is 0 Å². The summed E-state index contributed by atoms with van der Waals surface area (Å²) in [5.74, 6) is 0. The van der Waals surface area contributed by atoms with Crippen LogP contribution in [0.4, 0.5) is 0 Å². The van der Waals surface area contributed by atoms with Crippen LogP contribution in [0, 0.1) is 0 Å². The van der Waals surface area contributed by atoms with Crippen molar-refractivity contribution in [1.29, 1.82) is 0 Å². The summed E-state index contributed by atoms with van der Waals surface area (Å²) in [5, 5.41) is 5.91. The zero-order valence-corrected chi connectivity index (χ0v) is 13.3. The average Bonchev–Trinajstić information content (AvgIpc) is 2.60. The predicted octanol–water partition coefficient (Wildman–Crippen LogP) is 3.85. The Hall–Kier alpha value is 0.720. The van der Waals surface area contributed by atoms with Crippen LogP contribution in [0.3, 0.4) is 0 Å². The third-order valence-electron chi connectivity index (χ3n) is 2.45. The summed E-state index contributed by atoms with van der Waals surface area (Å²) in [5.41, 5.74) is 0. The summed E-state index contributed by atoms with van der Waals surface area (Å²) >= 11 is 30.0. The number of hydrogen-bond acceptors (Lipinski definition) is 3. The lowest BCUT2D eigenvalue weighted by Gasteiger charge is -2.41. The molecule has 1 aliphatic rings. The first-order valence-electron chi connectivity index (χ1n) is 5.26. The maximum atomic E-state index is 6.23. The standard InChI is InChI=1S/C9H14Cl5N3/c1-3-5-16-6-15-17(4-2)7(16)8(10,11)9(12,13)14/h6-7H,3-5H2,1-2H3. The van der Waals surface area contributed by atoms with Gasteiger partial charge in [0.2, 0.25) is 8.13 Å². The van der Waals surface area contributed by atoms with Crippen LogP contribution >= 0.6 is 58.0 Å². The highest BCUT2D eigenvalue weighted by atomic mass is 35.6. The van der Waals surface area contributed by atoms with Gasteiger partial charge in [0, 0.05) is 13.1 Å². The lowest BCUT2D eigenvalue weighted by atomic mass is 10.3. The molecule has 100 valence electrons. The molecule has 0 N–H and O–H groups in total. The van der Waals surface area contributed by atoms with E-state index in [2.05, 4.69) is 5.10 Å². The average molecular weight is 341 g/mol. The van der Waals surface area contributed by atoms with Crippen LogP contribution in [0.25, 0.3) is 0 Å². The number of rotatable bonds is 4. The zero-order chi connectivity index (χ0) is 13.3. The molecule has 1 rings (SSSR count). The summed E-state index contributed by atoms with van der Waals surface area (Å²) in [7, 11) is 0. The minimum absolute atomic E-state index is 0.483. The van der Waals surface area contributed by atoms with Gasteiger partial charge in [-0.25, -0.2) is 0 Å². The van der Waals surface area contributed by atoms with Gasteiger partial charge in [0.1, 0.15) is 6.34 Å². The molecule has 0 bridgehead atoms. The molecule has 17 heavy (non-hydrogen) atoms. The molecule has 1 aliphatic heterocycles. The molecule has 1 atom stereocenters. The Morgan fingerprint density at radius 2 is 1.76 bits per heavy atom. The fourth-order valence-corrected chi connectivity index (χ4v) is 2.43. The van der Waals surface area contributed by atoms with Crippen molar-refractivity contribution in [1.82, 2.24) is 9.91 Å². The van der Waals surface area contributed by atoms with Crippen LogP contribution in [0.15, 0.2) is 5.10 Å². The molecule has 8 heteroatoms. The third kappa shape index (κ3) is 3.19. The summed E-state index contributed by atoms with van der Waals surface area (Å²) in [6.45, 7) is 5.34. The molecule has 0 amide bonds. The Labute approximate surface area is 127 Å². The number of halogens is 5. The van der Waals surface area contributed by atoms with Gasteiger partial charge in [0.05, 0.1) is 0 Å². The molecular formula is C9H14Cl5N3. The molecule has 0 aromatic carbocycles. The molecule has 0 saturated carbocycles. The molecule has 1 heterocycles. The SMILES string of the molecule is CCCN1C=NN(CC)C1C(Cl)(Cl)C(Cl)(Cl)Cl. The van der Waals surface area contributed by atoms with Crippen molar-refractivity contribution in [3.05, 3.63) is 0 Å². The molecule has 3 nitrogen and oxygen atoms in total. The van der Waals surface area contributed by atoms with Gasteiger partial charge in [-0.2, -0.15) is 5.10 Å².